The van der Waals surface area contributed by atoms with E-state index in [1.807, 2.05) is 0 Å². The lowest BCUT2D eigenvalue weighted by molar-refractivity contribution is -0.117. The number of nitrogens with two attached hydrogens (primary N) is 1. The summed E-state index contributed by atoms with van der Waals surface area (Å²) in [5.74, 6) is 0.287. The van der Waals surface area contributed by atoms with Crippen LogP contribution in [0, 0.1) is 0 Å². The monoisotopic (exact) mass is 190 g/mol. The van der Waals surface area contributed by atoms with Crippen LogP contribution in [0.3, 0.4) is 0 Å². The molecule has 0 aliphatic heterocycles. The summed E-state index contributed by atoms with van der Waals surface area (Å²) in [5.41, 5.74) is 5.42. The van der Waals surface area contributed by atoms with Gasteiger partial charge in [0.1, 0.15) is 5.78 Å². The summed E-state index contributed by atoms with van der Waals surface area (Å²) < 4.78 is 0. The minimum Gasteiger partial charge on any atom is -0.321 e. The number of carbonyl (C=O) groups excluding carboxylic acids is 2. The molecule has 0 rings (SSSR count). The predicted octanol–water partition coefficient (Wildman–Crippen LogP) is -0.618. The fourth-order valence-corrected chi connectivity index (χ4v) is 1.34. The number of Topliss-reactive ketones (excluding diaryl/α,β-unsaturated/α-hetero) is 1. The molecule has 1 unspecified atom stereocenters. The summed E-state index contributed by atoms with van der Waals surface area (Å²) in [5, 5.41) is 2.73. The Morgan fingerprint density at radius 2 is 2.17 bits per heavy atom. The third-order valence-corrected chi connectivity index (χ3v) is 2.26. The molecule has 0 aliphatic rings. The highest BCUT2D eigenvalue weighted by molar-refractivity contribution is 8.13. The van der Waals surface area contributed by atoms with Gasteiger partial charge in [-0.1, -0.05) is 11.8 Å². The van der Waals surface area contributed by atoms with Gasteiger partial charge in [0.15, 0.2) is 0 Å². The van der Waals surface area contributed by atoms with Crippen molar-refractivity contribution in [3.63, 3.8) is 0 Å². The maximum absolute atomic E-state index is 10.9. The Morgan fingerprint density at radius 1 is 1.58 bits per heavy atom. The molecule has 4 nitrogen and oxygen atoms in total. The standard InChI is InChI=1S/C7H14N2O2S/c1-5(10)6(8)4-12-7(11)3-9-2/h6,9H,3-4,8H2,1-2H3. The molecule has 0 saturated carbocycles. The van der Waals surface area contributed by atoms with E-state index < -0.39 is 6.04 Å². The van der Waals surface area contributed by atoms with Crippen molar-refractivity contribution in [2.75, 3.05) is 19.3 Å². The Balaban J connectivity index is 3.54. The molecule has 0 radical (unpaired) electrons. The zero-order chi connectivity index (χ0) is 9.56. The van der Waals surface area contributed by atoms with Crippen molar-refractivity contribution in [1.29, 1.82) is 0 Å². The van der Waals surface area contributed by atoms with E-state index >= 15 is 0 Å². The van der Waals surface area contributed by atoms with E-state index in [4.69, 9.17) is 5.73 Å². The van der Waals surface area contributed by atoms with Gasteiger partial charge in [0.2, 0.25) is 5.12 Å². The molecule has 0 saturated heterocycles. The van der Waals surface area contributed by atoms with Crippen LogP contribution < -0.4 is 11.1 Å². The van der Waals surface area contributed by atoms with Crippen LogP contribution in [-0.2, 0) is 9.59 Å². The first-order valence-electron chi connectivity index (χ1n) is 3.64. The maximum atomic E-state index is 10.9. The number of thioether (sulfide) groups is 1. The van der Waals surface area contributed by atoms with Gasteiger partial charge in [-0.05, 0) is 14.0 Å². The highest BCUT2D eigenvalue weighted by Crippen LogP contribution is 2.02. The quantitative estimate of drug-likeness (QED) is 0.604. The predicted molar refractivity (Wildman–Crippen MR) is 50.0 cm³/mol. The van der Waals surface area contributed by atoms with Gasteiger partial charge in [-0.3, -0.25) is 9.59 Å². The molecule has 0 aromatic rings. The number of hydrogen-bond acceptors (Lipinski definition) is 5. The smallest absolute Gasteiger partial charge is 0.202 e. The number of ketones is 1. The van der Waals surface area contributed by atoms with Crippen molar-refractivity contribution in [3.05, 3.63) is 0 Å². The molecule has 0 fully saturated rings. The summed E-state index contributed by atoms with van der Waals surface area (Å²) in [4.78, 5) is 21.6. The normalized spacial score (nSPS) is 12.6. The van der Waals surface area contributed by atoms with Crippen LogP contribution in [0.2, 0.25) is 0 Å². The third kappa shape index (κ3) is 5.29. The van der Waals surface area contributed by atoms with Crippen LogP contribution in [0.1, 0.15) is 6.92 Å². The maximum Gasteiger partial charge on any atom is 0.202 e. The number of nitrogens with one attached hydrogen (secondary N) is 1. The fourth-order valence-electron chi connectivity index (χ4n) is 0.495. The van der Waals surface area contributed by atoms with Crippen LogP contribution in [0.4, 0.5) is 0 Å². The van der Waals surface area contributed by atoms with Crippen molar-refractivity contribution < 1.29 is 9.59 Å². The molecule has 0 heterocycles. The van der Waals surface area contributed by atoms with Crippen molar-refractivity contribution in [2.45, 2.75) is 13.0 Å². The molecule has 0 spiro atoms. The molecule has 0 bridgehead atoms. The minimum atomic E-state index is -0.518. The van der Waals surface area contributed by atoms with E-state index in [-0.39, 0.29) is 10.9 Å². The summed E-state index contributed by atoms with van der Waals surface area (Å²) in [6, 6.07) is -0.518. The zero-order valence-electron chi connectivity index (χ0n) is 7.29. The first-order chi connectivity index (χ1) is 5.57. The van der Waals surface area contributed by atoms with Gasteiger partial charge < -0.3 is 11.1 Å². The van der Waals surface area contributed by atoms with Gasteiger partial charge in [0, 0.05) is 5.75 Å². The van der Waals surface area contributed by atoms with Crippen molar-refractivity contribution >= 4 is 22.7 Å². The van der Waals surface area contributed by atoms with Crippen LogP contribution in [0.5, 0.6) is 0 Å². The molecule has 5 heteroatoms. The van der Waals surface area contributed by atoms with Gasteiger partial charge in [-0.25, -0.2) is 0 Å². The topological polar surface area (TPSA) is 72.2 Å². The van der Waals surface area contributed by atoms with Crippen molar-refractivity contribution in [3.8, 4) is 0 Å². The highest BCUT2D eigenvalue weighted by atomic mass is 32.2. The van der Waals surface area contributed by atoms with E-state index in [1.54, 1.807) is 7.05 Å². The second-order valence-corrected chi connectivity index (χ2v) is 3.51. The molecule has 0 amide bonds. The number of hydrogen-bond donors (Lipinski definition) is 2. The van der Waals surface area contributed by atoms with Gasteiger partial charge in [-0.2, -0.15) is 0 Å². The molecule has 0 aliphatic carbocycles. The number of likely N-dealkylation sites (N-methyl/N-ethyl adjacent to an activating group) is 1. The SMILES string of the molecule is CNCC(=O)SCC(N)C(C)=O. The summed E-state index contributed by atoms with van der Waals surface area (Å²) in [6.07, 6.45) is 0. The van der Waals surface area contributed by atoms with E-state index in [9.17, 15) is 9.59 Å². The largest absolute Gasteiger partial charge is 0.321 e. The molecule has 12 heavy (non-hydrogen) atoms. The van der Waals surface area contributed by atoms with Crippen LogP contribution in [-0.4, -0.2) is 36.3 Å². The van der Waals surface area contributed by atoms with Crippen LogP contribution >= 0.6 is 11.8 Å². The Morgan fingerprint density at radius 3 is 2.58 bits per heavy atom. The van der Waals surface area contributed by atoms with Crippen LogP contribution in [0.15, 0.2) is 0 Å². The molecule has 70 valence electrons. The minimum absolute atomic E-state index is 0.00852. The Kier molecular flexibility index (Phi) is 5.96. The Labute approximate surface area is 76.3 Å². The Bertz CT molecular complexity index is 173. The number of carbonyl (C=O) groups is 2. The molecule has 0 aromatic heterocycles. The first-order valence-corrected chi connectivity index (χ1v) is 4.62. The van der Waals surface area contributed by atoms with E-state index in [1.165, 1.54) is 6.92 Å². The van der Waals surface area contributed by atoms with E-state index in [2.05, 4.69) is 5.32 Å². The molecule has 0 aromatic carbocycles. The second kappa shape index (κ2) is 6.16. The van der Waals surface area contributed by atoms with Crippen molar-refractivity contribution in [2.24, 2.45) is 5.73 Å². The second-order valence-electron chi connectivity index (χ2n) is 2.43. The average Bonchev–Trinajstić information content (AvgIpc) is 2.00. The summed E-state index contributed by atoms with van der Waals surface area (Å²) in [7, 11) is 1.70. The van der Waals surface area contributed by atoms with Crippen molar-refractivity contribution in [1.82, 2.24) is 5.32 Å². The van der Waals surface area contributed by atoms with E-state index in [0.717, 1.165) is 11.8 Å². The highest BCUT2D eigenvalue weighted by Gasteiger charge is 2.10. The third-order valence-electron chi connectivity index (χ3n) is 1.27. The lowest BCUT2D eigenvalue weighted by atomic mass is 10.3. The lowest BCUT2D eigenvalue weighted by Crippen LogP contribution is -2.31. The molecule has 1 atom stereocenters. The van der Waals surface area contributed by atoms with Crippen LogP contribution in [0.25, 0.3) is 0 Å². The Hall–Kier alpha value is -0.390. The summed E-state index contributed by atoms with van der Waals surface area (Å²) >= 11 is 1.09. The number of rotatable bonds is 5. The lowest BCUT2D eigenvalue weighted by Gasteiger charge is -2.05. The first kappa shape index (κ1) is 11.6. The van der Waals surface area contributed by atoms with Gasteiger partial charge in [0.05, 0.1) is 12.6 Å². The molecular weight excluding hydrogens is 176 g/mol. The molecular formula is C7H14N2O2S. The fraction of sp³-hybridized carbons (Fsp3) is 0.714. The molecule has 3 N–H and O–H groups in total. The average molecular weight is 190 g/mol. The van der Waals surface area contributed by atoms with E-state index in [0.29, 0.717) is 12.3 Å². The van der Waals surface area contributed by atoms with Gasteiger partial charge in [-0.15, -0.1) is 0 Å². The van der Waals surface area contributed by atoms with Gasteiger partial charge >= 0.3 is 0 Å². The zero-order valence-corrected chi connectivity index (χ0v) is 8.11. The van der Waals surface area contributed by atoms with Gasteiger partial charge in [0.25, 0.3) is 0 Å². The summed E-state index contributed by atoms with van der Waals surface area (Å²) in [6.45, 7) is 1.74.